The summed E-state index contributed by atoms with van der Waals surface area (Å²) in [6.07, 6.45) is 1.81. The summed E-state index contributed by atoms with van der Waals surface area (Å²) in [4.78, 5) is 25.3. The van der Waals surface area contributed by atoms with Crippen LogP contribution in [-0.2, 0) is 4.79 Å². The van der Waals surface area contributed by atoms with Gasteiger partial charge >= 0.3 is 0 Å². The van der Waals surface area contributed by atoms with Gasteiger partial charge < -0.3 is 19.9 Å². The van der Waals surface area contributed by atoms with E-state index in [0.29, 0.717) is 17.9 Å². The van der Waals surface area contributed by atoms with Crippen LogP contribution >= 0.6 is 0 Å². The number of rotatable bonds is 5. The van der Waals surface area contributed by atoms with Crippen LogP contribution in [0.25, 0.3) is 0 Å². The Balaban J connectivity index is 1.72. The Morgan fingerprint density at radius 3 is 2.75 bits per heavy atom. The molecule has 24 heavy (non-hydrogen) atoms. The van der Waals surface area contributed by atoms with Gasteiger partial charge in [-0.25, -0.2) is 0 Å². The third-order valence-corrected chi connectivity index (χ3v) is 3.98. The van der Waals surface area contributed by atoms with E-state index in [1.165, 1.54) is 0 Å². The van der Waals surface area contributed by atoms with E-state index in [1.54, 1.807) is 24.3 Å². The number of likely N-dealkylation sites (tertiary alicyclic amines) is 1. The van der Waals surface area contributed by atoms with Gasteiger partial charge in [0.2, 0.25) is 0 Å². The van der Waals surface area contributed by atoms with Crippen LogP contribution in [0.5, 0.6) is 5.75 Å². The molecule has 2 aromatic rings. The Morgan fingerprint density at radius 2 is 2.12 bits per heavy atom. The number of carbonyl (C=O) groups is 2. The van der Waals surface area contributed by atoms with Crippen LogP contribution in [0.3, 0.4) is 0 Å². The lowest BCUT2D eigenvalue weighted by Gasteiger charge is -2.23. The van der Waals surface area contributed by atoms with E-state index < -0.39 is 5.91 Å². The molecule has 1 aliphatic heterocycles. The lowest BCUT2D eigenvalue weighted by molar-refractivity contribution is -0.119. The number of hydrogen-bond acceptors (Lipinski definition) is 5. The molecule has 0 aliphatic carbocycles. The fraction of sp³-hybridized carbons (Fsp3) is 0.353. The van der Waals surface area contributed by atoms with Crippen molar-refractivity contribution in [2.75, 3.05) is 13.2 Å². The van der Waals surface area contributed by atoms with Crippen molar-refractivity contribution in [1.29, 1.82) is 0 Å². The molecule has 0 unspecified atom stereocenters. The van der Waals surface area contributed by atoms with Crippen molar-refractivity contribution in [3.63, 3.8) is 0 Å². The maximum absolute atomic E-state index is 12.8. The van der Waals surface area contributed by atoms with Gasteiger partial charge in [0.05, 0.1) is 6.04 Å². The van der Waals surface area contributed by atoms with Gasteiger partial charge in [0.25, 0.3) is 11.8 Å². The van der Waals surface area contributed by atoms with Gasteiger partial charge in [0, 0.05) is 18.2 Å². The van der Waals surface area contributed by atoms with Gasteiger partial charge in [0.15, 0.2) is 6.61 Å². The van der Waals surface area contributed by atoms with Crippen molar-refractivity contribution in [2.24, 2.45) is 5.73 Å². The SMILES string of the molecule is Cc1cc([C@H]2CCCN2C(=O)c2ccc(OCC(N)=O)cc2)no1. The molecular formula is C17H19N3O4. The topological polar surface area (TPSA) is 98.7 Å². The third-order valence-electron chi connectivity index (χ3n) is 3.98. The van der Waals surface area contributed by atoms with Crippen molar-refractivity contribution in [3.05, 3.63) is 47.3 Å². The Bertz CT molecular complexity index is 739. The van der Waals surface area contributed by atoms with Crippen molar-refractivity contribution in [1.82, 2.24) is 10.1 Å². The Labute approximate surface area is 139 Å². The highest BCUT2D eigenvalue weighted by atomic mass is 16.5. The Hall–Kier alpha value is -2.83. The van der Waals surface area contributed by atoms with Gasteiger partial charge in [-0.1, -0.05) is 5.16 Å². The van der Waals surface area contributed by atoms with E-state index in [-0.39, 0.29) is 18.6 Å². The summed E-state index contributed by atoms with van der Waals surface area (Å²) in [5.74, 6) is 0.633. The summed E-state index contributed by atoms with van der Waals surface area (Å²) in [7, 11) is 0. The fourth-order valence-electron chi connectivity index (χ4n) is 2.87. The summed E-state index contributed by atoms with van der Waals surface area (Å²) < 4.78 is 10.3. The normalized spacial score (nSPS) is 17.0. The van der Waals surface area contributed by atoms with E-state index in [4.69, 9.17) is 15.0 Å². The molecule has 2 heterocycles. The zero-order valence-electron chi connectivity index (χ0n) is 13.4. The lowest BCUT2D eigenvalue weighted by Crippen LogP contribution is -2.30. The average molecular weight is 329 g/mol. The van der Waals surface area contributed by atoms with Crippen LogP contribution in [0, 0.1) is 6.92 Å². The quantitative estimate of drug-likeness (QED) is 0.902. The molecular weight excluding hydrogens is 310 g/mol. The van der Waals surface area contributed by atoms with Crippen LogP contribution in [-0.4, -0.2) is 35.0 Å². The van der Waals surface area contributed by atoms with Gasteiger partial charge in [-0.3, -0.25) is 9.59 Å². The smallest absolute Gasteiger partial charge is 0.255 e. The van der Waals surface area contributed by atoms with Gasteiger partial charge in [-0.05, 0) is 44.0 Å². The Kier molecular flexibility index (Phi) is 4.50. The molecule has 0 spiro atoms. The lowest BCUT2D eigenvalue weighted by atomic mass is 10.1. The number of ether oxygens (including phenoxy) is 1. The molecule has 0 saturated carbocycles. The third kappa shape index (κ3) is 3.40. The van der Waals surface area contributed by atoms with Gasteiger partial charge in [0.1, 0.15) is 17.2 Å². The molecule has 1 fully saturated rings. The summed E-state index contributed by atoms with van der Waals surface area (Å²) in [6, 6.07) is 8.49. The van der Waals surface area contributed by atoms with Crippen molar-refractivity contribution < 1.29 is 18.8 Å². The molecule has 126 valence electrons. The minimum atomic E-state index is -0.544. The van der Waals surface area contributed by atoms with E-state index in [9.17, 15) is 9.59 Å². The van der Waals surface area contributed by atoms with E-state index in [2.05, 4.69) is 5.16 Å². The molecule has 7 nitrogen and oxygen atoms in total. The second kappa shape index (κ2) is 6.74. The molecule has 1 atom stereocenters. The first-order chi connectivity index (χ1) is 11.5. The largest absolute Gasteiger partial charge is 0.484 e. The number of aryl methyl sites for hydroxylation is 1. The van der Waals surface area contributed by atoms with Gasteiger partial charge in [-0.15, -0.1) is 0 Å². The molecule has 1 aromatic heterocycles. The minimum absolute atomic E-state index is 0.0549. The van der Waals surface area contributed by atoms with Crippen molar-refractivity contribution >= 4 is 11.8 Å². The first-order valence-corrected chi connectivity index (χ1v) is 7.80. The minimum Gasteiger partial charge on any atom is -0.484 e. The number of aromatic nitrogens is 1. The second-order valence-electron chi connectivity index (χ2n) is 5.80. The summed E-state index contributed by atoms with van der Waals surface area (Å²) in [5.41, 5.74) is 6.39. The molecule has 1 saturated heterocycles. The molecule has 2 N–H and O–H groups in total. The van der Waals surface area contributed by atoms with Crippen LogP contribution in [0.4, 0.5) is 0 Å². The maximum Gasteiger partial charge on any atom is 0.255 e. The highest BCUT2D eigenvalue weighted by Gasteiger charge is 2.32. The summed E-state index contributed by atoms with van der Waals surface area (Å²) in [5, 5.41) is 4.05. The summed E-state index contributed by atoms with van der Waals surface area (Å²) in [6.45, 7) is 2.34. The number of benzene rings is 1. The number of carbonyl (C=O) groups excluding carboxylic acids is 2. The van der Waals surface area contributed by atoms with Crippen LogP contribution in [0.15, 0.2) is 34.9 Å². The van der Waals surface area contributed by atoms with E-state index in [0.717, 1.165) is 24.3 Å². The standard InChI is InChI=1S/C17H19N3O4/c1-11-9-14(19-24-11)15-3-2-8-20(15)17(22)12-4-6-13(7-5-12)23-10-16(18)21/h4-7,9,15H,2-3,8,10H2,1H3,(H2,18,21)/t15-/m1/s1. The number of nitrogens with two attached hydrogens (primary N) is 1. The van der Waals surface area contributed by atoms with Crippen LogP contribution in [0.1, 0.15) is 40.7 Å². The first kappa shape index (κ1) is 16.0. The predicted octanol–water partition coefficient (Wildman–Crippen LogP) is 1.82. The first-order valence-electron chi connectivity index (χ1n) is 7.80. The molecule has 1 aromatic carbocycles. The fourth-order valence-corrected chi connectivity index (χ4v) is 2.87. The zero-order chi connectivity index (χ0) is 17.1. The molecule has 7 heteroatoms. The number of amides is 2. The molecule has 0 radical (unpaired) electrons. The average Bonchev–Trinajstić information content (AvgIpc) is 3.21. The van der Waals surface area contributed by atoms with E-state index in [1.807, 2.05) is 17.9 Å². The van der Waals surface area contributed by atoms with E-state index >= 15 is 0 Å². The number of primary amides is 1. The molecule has 2 amide bonds. The van der Waals surface area contributed by atoms with Gasteiger partial charge in [-0.2, -0.15) is 0 Å². The highest BCUT2D eigenvalue weighted by molar-refractivity contribution is 5.94. The molecule has 3 rings (SSSR count). The number of hydrogen-bond donors (Lipinski definition) is 1. The zero-order valence-corrected chi connectivity index (χ0v) is 13.4. The Morgan fingerprint density at radius 1 is 1.38 bits per heavy atom. The van der Waals surface area contributed by atoms with Crippen molar-refractivity contribution in [3.8, 4) is 5.75 Å². The second-order valence-corrected chi connectivity index (χ2v) is 5.80. The van der Waals surface area contributed by atoms with Crippen molar-refractivity contribution in [2.45, 2.75) is 25.8 Å². The highest BCUT2D eigenvalue weighted by Crippen LogP contribution is 2.32. The summed E-state index contributed by atoms with van der Waals surface area (Å²) >= 11 is 0. The maximum atomic E-state index is 12.8. The number of nitrogens with zero attached hydrogens (tertiary/aromatic N) is 2. The van der Waals surface area contributed by atoms with Crippen LogP contribution in [0.2, 0.25) is 0 Å². The molecule has 0 bridgehead atoms. The monoisotopic (exact) mass is 329 g/mol. The van der Waals surface area contributed by atoms with Crippen LogP contribution < -0.4 is 10.5 Å². The molecule has 1 aliphatic rings. The predicted molar refractivity (Wildman–Crippen MR) is 85.4 cm³/mol.